The number of nitrogens with two attached hydrogens (primary N) is 1. The summed E-state index contributed by atoms with van der Waals surface area (Å²) in [6, 6.07) is 3.47. The molecule has 0 bridgehead atoms. The molecule has 0 amide bonds. The largest absolute Gasteiger partial charge is 0.377 e. The van der Waals surface area contributed by atoms with Crippen molar-refractivity contribution in [3.8, 4) is 0 Å². The normalized spacial score (nSPS) is 26.3. The fourth-order valence-electron chi connectivity index (χ4n) is 2.12. The zero-order valence-corrected chi connectivity index (χ0v) is 13.2. The first-order valence-electron chi connectivity index (χ1n) is 6.19. The summed E-state index contributed by atoms with van der Waals surface area (Å²) >= 11 is 11.6. The van der Waals surface area contributed by atoms with E-state index < -0.39 is 16.1 Å². The number of halogens is 2. The van der Waals surface area contributed by atoms with Crippen molar-refractivity contribution >= 4 is 33.2 Å². The van der Waals surface area contributed by atoms with Crippen LogP contribution in [0.1, 0.15) is 13.3 Å². The van der Waals surface area contributed by atoms with Gasteiger partial charge in [-0.3, -0.25) is 0 Å². The molecule has 20 heavy (non-hydrogen) atoms. The summed E-state index contributed by atoms with van der Waals surface area (Å²) in [4.78, 5) is 0.0179. The molecule has 1 fully saturated rings. The van der Waals surface area contributed by atoms with Crippen molar-refractivity contribution in [2.75, 3.05) is 6.61 Å². The van der Waals surface area contributed by atoms with Crippen LogP contribution in [0.5, 0.6) is 0 Å². The predicted molar refractivity (Wildman–Crippen MR) is 78.6 cm³/mol. The van der Waals surface area contributed by atoms with Crippen LogP contribution in [0.3, 0.4) is 0 Å². The minimum Gasteiger partial charge on any atom is -0.377 e. The first-order chi connectivity index (χ1) is 9.33. The maximum Gasteiger partial charge on any atom is 0.241 e. The van der Waals surface area contributed by atoms with Crippen molar-refractivity contribution in [1.29, 1.82) is 0 Å². The molecular weight excluding hydrogens is 323 g/mol. The van der Waals surface area contributed by atoms with Crippen LogP contribution in [0.2, 0.25) is 10.0 Å². The Hall–Kier alpha value is -0.370. The molecule has 5 nitrogen and oxygen atoms in total. The Bertz CT molecular complexity index is 572. The Morgan fingerprint density at radius 2 is 1.95 bits per heavy atom. The van der Waals surface area contributed by atoms with Gasteiger partial charge in [-0.2, -0.15) is 0 Å². The summed E-state index contributed by atoms with van der Waals surface area (Å²) in [7, 11) is -3.73. The molecule has 1 saturated carbocycles. The molecule has 0 saturated heterocycles. The molecule has 3 unspecified atom stereocenters. The van der Waals surface area contributed by atoms with E-state index in [2.05, 4.69) is 4.72 Å². The molecule has 112 valence electrons. The van der Waals surface area contributed by atoms with E-state index in [1.54, 1.807) is 0 Å². The second kappa shape index (κ2) is 6.17. The number of nitrogens with one attached hydrogen (secondary N) is 1. The molecule has 1 aromatic carbocycles. The molecule has 1 aliphatic rings. The molecule has 0 aromatic heterocycles. The van der Waals surface area contributed by atoms with E-state index in [9.17, 15) is 8.42 Å². The Labute approximate surface area is 128 Å². The van der Waals surface area contributed by atoms with E-state index in [0.717, 1.165) is 0 Å². The van der Waals surface area contributed by atoms with Gasteiger partial charge in [-0.05, 0) is 31.5 Å². The van der Waals surface area contributed by atoms with Crippen LogP contribution in [-0.2, 0) is 14.8 Å². The lowest BCUT2D eigenvalue weighted by atomic mass is 9.84. The zero-order valence-electron chi connectivity index (χ0n) is 10.8. The number of hydrogen-bond donors (Lipinski definition) is 2. The summed E-state index contributed by atoms with van der Waals surface area (Å²) in [5, 5.41) is 0.522. The fourth-order valence-corrected chi connectivity index (χ4v) is 4.16. The third kappa shape index (κ3) is 3.44. The minimum absolute atomic E-state index is 0.0179. The lowest BCUT2D eigenvalue weighted by Crippen LogP contribution is -2.64. The van der Waals surface area contributed by atoms with Crippen molar-refractivity contribution in [1.82, 2.24) is 4.72 Å². The topological polar surface area (TPSA) is 81.4 Å². The predicted octanol–water partition coefficient (Wildman–Crippen LogP) is 1.78. The van der Waals surface area contributed by atoms with Crippen LogP contribution in [0.4, 0.5) is 0 Å². The van der Waals surface area contributed by atoms with Crippen LogP contribution in [-0.4, -0.2) is 33.2 Å². The lowest BCUT2D eigenvalue weighted by molar-refractivity contribution is -0.0248. The van der Waals surface area contributed by atoms with E-state index >= 15 is 0 Å². The van der Waals surface area contributed by atoms with Gasteiger partial charge in [0.1, 0.15) is 0 Å². The van der Waals surface area contributed by atoms with Crippen LogP contribution >= 0.6 is 23.2 Å². The Kier molecular flexibility index (Phi) is 4.94. The summed E-state index contributed by atoms with van der Waals surface area (Å²) in [5.74, 6) is 0. The van der Waals surface area contributed by atoms with Gasteiger partial charge in [0.2, 0.25) is 10.0 Å². The smallest absolute Gasteiger partial charge is 0.241 e. The van der Waals surface area contributed by atoms with Gasteiger partial charge in [-0.15, -0.1) is 0 Å². The molecule has 3 atom stereocenters. The van der Waals surface area contributed by atoms with E-state index in [0.29, 0.717) is 13.0 Å². The molecule has 2 rings (SSSR count). The van der Waals surface area contributed by atoms with Gasteiger partial charge >= 0.3 is 0 Å². The standard InChI is InChI=1S/C12H16Cl2N2O3S/c1-2-19-11-6-10(15)12(11)16-20(17,18)9-4-7(13)3-8(14)5-9/h3-5,10-12,16H,2,6,15H2,1H3. The van der Waals surface area contributed by atoms with Gasteiger partial charge in [0.15, 0.2) is 0 Å². The zero-order chi connectivity index (χ0) is 14.9. The Morgan fingerprint density at radius 1 is 1.35 bits per heavy atom. The van der Waals surface area contributed by atoms with E-state index in [1.165, 1.54) is 18.2 Å². The number of benzene rings is 1. The molecule has 1 aliphatic carbocycles. The van der Waals surface area contributed by atoms with Crippen molar-refractivity contribution < 1.29 is 13.2 Å². The van der Waals surface area contributed by atoms with E-state index in [1.807, 2.05) is 6.92 Å². The van der Waals surface area contributed by atoms with Gasteiger partial charge in [0.25, 0.3) is 0 Å². The monoisotopic (exact) mass is 338 g/mol. The molecule has 0 aliphatic heterocycles. The Morgan fingerprint density at radius 3 is 2.45 bits per heavy atom. The third-order valence-corrected chi connectivity index (χ3v) is 5.06. The van der Waals surface area contributed by atoms with Gasteiger partial charge in [0.05, 0.1) is 17.0 Å². The minimum atomic E-state index is -3.73. The summed E-state index contributed by atoms with van der Waals surface area (Å²) < 4.78 is 32.6. The lowest BCUT2D eigenvalue weighted by Gasteiger charge is -2.42. The molecule has 1 aromatic rings. The molecule has 0 heterocycles. The van der Waals surface area contributed by atoms with E-state index in [4.69, 9.17) is 33.7 Å². The molecule has 0 radical (unpaired) electrons. The van der Waals surface area contributed by atoms with Crippen LogP contribution in [0.25, 0.3) is 0 Å². The number of hydrogen-bond acceptors (Lipinski definition) is 4. The first kappa shape index (κ1) is 16.0. The highest BCUT2D eigenvalue weighted by molar-refractivity contribution is 7.89. The molecular formula is C12H16Cl2N2O3S. The molecule has 0 spiro atoms. The quantitative estimate of drug-likeness (QED) is 0.857. The van der Waals surface area contributed by atoms with Crippen molar-refractivity contribution in [3.05, 3.63) is 28.2 Å². The SMILES string of the molecule is CCOC1CC(N)C1NS(=O)(=O)c1cc(Cl)cc(Cl)c1. The highest BCUT2D eigenvalue weighted by Gasteiger charge is 2.42. The number of sulfonamides is 1. The van der Waals surface area contributed by atoms with Crippen LogP contribution in [0, 0.1) is 0 Å². The molecule has 8 heteroatoms. The maximum atomic E-state index is 12.3. The summed E-state index contributed by atoms with van der Waals surface area (Å²) in [6.07, 6.45) is 0.441. The van der Waals surface area contributed by atoms with Crippen LogP contribution < -0.4 is 10.5 Å². The van der Waals surface area contributed by atoms with E-state index in [-0.39, 0.29) is 27.1 Å². The summed E-state index contributed by atoms with van der Waals surface area (Å²) in [6.45, 7) is 2.37. The maximum absolute atomic E-state index is 12.3. The van der Waals surface area contributed by atoms with Gasteiger partial charge in [-0.1, -0.05) is 23.2 Å². The van der Waals surface area contributed by atoms with Crippen molar-refractivity contribution in [3.63, 3.8) is 0 Å². The fraction of sp³-hybridized carbons (Fsp3) is 0.500. The van der Waals surface area contributed by atoms with Gasteiger partial charge in [0, 0.05) is 22.7 Å². The Balaban J connectivity index is 2.18. The number of rotatable bonds is 5. The van der Waals surface area contributed by atoms with Gasteiger partial charge < -0.3 is 10.5 Å². The summed E-state index contributed by atoms with van der Waals surface area (Å²) in [5.41, 5.74) is 5.83. The van der Waals surface area contributed by atoms with Gasteiger partial charge in [-0.25, -0.2) is 13.1 Å². The second-order valence-corrected chi connectivity index (χ2v) is 7.23. The third-order valence-electron chi connectivity index (χ3n) is 3.18. The average Bonchev–Trinajstić information content (AvgIpc) is 2.35. The highest BCUT2D eigenvalue weighted by atomic mass is 35.5. The highest BCUT2D eigenvalue weighted by Crippen LogP contribution is 2.26. The number of ether oxygens (including phenoxy) is 1. The second-order valence-electron chi connectivity index (χ2n) is 4.65. The van der Waals surface area contributed by atoms with Crippen molar-refractivity contribution in [2.45, 2.75) is 36.4 Å². The first-order valence-corrected chi connectivity index (χ1v) is 8.43. The molecule has 3 N–H and O–H groups in total. The average molecular weight is 339 g/mol. The van der Waals surface area contributed by atoms with Crippen molar-refractivity contribution in [2.24, 2.45) is 5.73 Å². The van der Waals surface area contributed by atoms with Crippen LogP contribution in [0.15, 0.2) is 23.1 Å².